The number of para-hydroxylation sites is 1. The fraction of sp³-hybridized carbons (Fsp3) is 0.0588. The monoisotopic (exact) mass is 662 g/mol. The summed E-state index contributed by atoms with van der Waals surface area (Å²) in [6, 6.07) is 62.5. The summed E-state index contributed by atoms with van der Waals surface area (Å²) >= 11 is 0. The lowest BCUT2D eigenvalue weighted by atomic mass is 9.81. The number of fused-ring (bicyclic) bond motifs is 9. The van der Waals surface area contributed by atoms with Crippen molar-refractivity contribution in [1.29, 1.82) is 0 Å². The van der Waals surface area contributed by atoms with Crippen LogP contribution in [0.1, 0.15) is 25.0 Å². The predicted octanol–water partition coefficient (Wildman–Crippen LogP) is 14.4. The summed E-state index contributed by atoms with van der Waals surface area (Å²) in [6.45, 7) is 4.73. The molecule has 0 N–H and O–H groups in total. The molecule has 0 spiro atoms. The third kappa shape index (κ3) is 4.17. The van der Waals surface area contributed by atoms with Gasteiger partial charge in [0.05, 0.1) is 0 Å². The Morgan fingerprint density at radius 1 is 0.346 bits per heavy atom. The Balaban J connectivity index is 1.08. The van der Waals surface area contributed by atoms with Crippen LogP contribution in [0.2, 0.25) is 0 Å². The quantitative estimate of drug-likeness (QED) is 0.172. The first kappa shape index (κ1) is 29.3. The minimum absolute atomic E-state index is 0.106. The highest BCUT2D eigenvalue weighted by atomic mass is 16.3. The predicted molar refractivity (Wildman–Crippen MR) is 220 cm³/mol. The molecule has 1 heteroatoms. The first-order valence-corrected chi connectivity index (χ1v) is 18.2. The van der Waals surface area contributed by atoms with E-state index in [2.05, 4.69) is 178 Å². The summed E-state index contributed by atoms with van der Waals surface area (Å²) in [4.78, 5) is 0. The number of rotatable bonds is 3. The van der Waals surface area contributed by atoms with Gasteiger partial charge in [0.1, 0.15) is 11.2 Å². The fourth-order valence-corrected chi connectivity index (χ4v) is 9.11. The summed E-state index contributed by atoms with van der Waals surface area (Å²) < 4.78 is 6.30. The second kappa shape index (κ2) is 10.8. The molecule has 0 unspecified atom stereocenters. The van der Waals surface area contributed by atoms with Crippen LogP contribution in [-0.2, 0) is 5.41 Å². The van der Waals surface area contributed by atoms with Crippen LogP contribution >= 0.6 is 0 Å². The van der Waals surface area contributed by atoms with Crippen molar-refractivity contribution in [2.45, 2.75) is 19.3 Å². The van der Waals surface area contributed by atoms with Crippen molar-refractivity contribution in [2.24, 2.45) is 0 Å². The summed E-state index contributed by atoms with van der Waals surface area (Å²) in [7, 11) is 0. The highest BCUT2D eigenvalue weighted by molar-refractivity contribution is 6.21. The smallest absolute Gasteiger partial charge is 0.136 e. The molecule has 0 aliphatic heterocycles. The Morgan fingerprint density at radius 3 is 1.63 bits per heavy atom. The lowest BCUT2D eigenvalue weighted by Gasteiger charge is -2.22. The average molecular weight is 663 g/mol. The molecule has 0 saturated carbocycles. The molecule has 1 nitrogen and oxygen atoms in total. The third-order valence-electron chi connectivity index (χ3n) is 11.6. The molecule has 1 aliphatic carbocycles. The van der Waals surface area contributed by atoms with Crippen LogP contribution in [0.25, 0.3) is 98.8 Å². The van der Waals surface area contributed by atoms with Crippen molar-refractivity contribution in [2.75, 3.05) is 0 Å². The molecule has 1 aromatic heterocycles. The maximum atomic E-state index is 6.30. The first-order chi connectivity index (χ1) is 25.5. The normalized spacial score (nSPS) is 13.3. The Bertz CT molecular complexity index is 3030. The van der Waals surface area contributed by atoms with Crippen LogP contribution in [0.15, 0.2) is 174 Å². The zero-order chi connectivity index (χ0) is 34.6. The number of hydrogen-bond donors (Lipinski definition) is 0. The Hall–Kier alpha value is -6.44. The Labute approximate surface area is 302 Å². The summed E-state index contributed by atoms with van der Waals surface area (Å²) in [5, 5.41) is 9.90. The van der Waals surface area contributed by atoms with Crippen LogP contribution < -0.4 is 0 Å². The van der Waals surface area contributed by atoms with Crippen molar-refractivity contribution in [1.82, 2.24) is 0 Å². The van der Waals surface area contributed by atoms with E-state index in [1.807, 2.05) is 6.07 Å². The molecule has 0 radical (unpaired) electrons. The second-order valence-corrected chi connectivity index (χ2v) is 14.9. The molecule has 0 amide bonds. The van der Waals surface area contributed by atoms with Gasteiger partial charge in [-0.15, -0.1) is 0 Å². The molecular formula is C51H34O. The maximum Gasteiger partial charge on any atom is 0.136 e. The maximum absolute atomic E-state index is 6.30. The van der Waals surface area contributed by atoms with Crippen molar-refractivity contribution in [3.8, 4) is 44.5 Å². The van der Waals surface area contributed by atoms with Crippen LogP contribution in [-0.4, -0.2) is 0 Å². The molecule has 0 atom stereocenters. The van der Waals surface area contributed by atoms with E-state index in [4.69, 9.17) is 4.42 Å². The fourth-order valence-electron chi connectivity index (χ4n) is 9.11. The van der Waals surface area contributed by atoms with Gasteiger partial charge in [-0.3, -0.25) is 0 Å². The van der Waals surface area contributed by atoms with Crippen LogP contribution in [0.5, 0.6) is 0 Å². The van der Waals surface area contributed by atoms with Gasteiger partial charge in [0.15, 0.2) is 0 Å². The van der Waals surface area contributed by atoms with Gasteiger partial charge in [0, 0.05) is 16.2 Å². The zero-order valence-corrected chi connectivity index (χ0v) is 29.1. The van der Waals surface area contributed by atoms with Gasteiger partial charge in [-0.2, -0.15) is 0 Å². The standard InChI is InChI=1S/C51H34O/c1-51(2)45-24-23-33(26-42(45)43-27-36-30-48-44(28-35(36)29-46(43)51)37-17-10-11-22-47(37)52-48)32-15-12-16-34(25-32)50-40-20-8-6-18-38(40)49(31-13-4-3-5-14-31)39-19-7-9-21-41(39)50/h3-30H,1-2H3. The van der Waals surface area contributed by atoms with E-state index >= 15 is 0 Å². The SMILES string of the molecule is CC1(C)c2ccc(-c3cccc(-c4c5ccccc5c(-c5ccccc5)c5ccccc45)c3)cc2-c2cc3cc4oc5ccccc5c4cc3cc21. The summed E-state index contributed by atoms with van der Waals surface area (Å²) in [6.07, 6.45) is 0. The van der Waals surface area contributed by atoms with Crippen molar-refractivity contribution in [3.63, 3.8) is 0 Å². The minimum atomic E-state index is -0.106. The van der Waals surface area contributed by atoms with Crippen molar-refractivity contribution >= 4 is 54.3 Å². The van der Waals surface area contributed by atoms with Gasteiger partial charge in [-0.1, -0.05) is 141 Å². The Kier molecular flexibility index (Phi) is 6.08. The van der Waals surface area contributed by atoms with E-state index in [9.17, 15) is 0 Å². The molecule has 1 heterocycles. The van der Waals surface area contributed by atoms with Gasteiger partial charge in [0.25, 0.3) is 0 Å². The Morgan fingerprint density at radius 2 is 0.904 bits per heavy atom. The molecule has 52 heavy (non-hydrogen) atoms. The van der Waals surface area contributed by atoms with Gasteiger partial charge in [0.2, 0.25) is 0 Å². The van der Waals surface area contributed by atoms with Gasteiger partial charge in [-0.05, 0) is 130 Å². The number of benzene rings is 9. The largest absolute Gasteiger partial charge is 0.456 e. The molecule has 0 bridgehead atoms. The summed E-state index contributed by atoms with van der Waals surface area (Å²) in [5.41, 5.74) is 14.6. The molecular weight excluding hydrogens is 629 g/mol. The van der Waals surface area contributed by atoms with Gasteiger partial charge >= 0.3 is 0 Å². The molecule has 244 valence electrons. The molecule has 10 aromatic rings. The first-order valence-electron chi connectivity index (χ1n) is 18.2. The van der Waals surface area contributed by atoms with Crippen molar-refractivity contribution < 1.29 is 4.42 Å². The van der Waals surface area contributed by atoms with E-state index in [1.54, 1.807) is 0 Å². The van der Waals surface area contributed by atoms with Crippen molar-refractivity contribution in [3.05, 3.63) is 181 Å². The third-order valence-corrected chi connectivity index (χ3v) is 11.6. The lowest BCUT2D eigenvalue weighted by Crippen LogP contribution is -2.14. The highest BCUT2D eigenvalue weighted by Gasteiger charge is 2.36. The van der Waals surface area contributed by atoms with E-state index in [-0.39, 0.29) is 5.41 Å². The zero-order valence-electron chi connectivity index (χ0n) is 29.1. The molecule has 0 saturated heterocycles. The summed E-state index contributed by atoms with van der Waals surface area (Å²) in [5.74, 6) is 0. The van der Waals surface area contributed by atoms with Crippen LogP contribution in [0.3, 0.4) is 0 Å². The number of hydrogen-bond acceptors (Lipinski definition) is 1. The van der Waals surface area contributed by atoms with Gasteiger partial charge in [-0.25, -0.2) is 0 Å². The minimum Gasteiger partial charge on any atom is -0.456 e. The van der Waals surface area contributed by atoms with E-state index in [1.165, 1.54) is 98.7 Å². The van der Waals surface area contributed by atoms with E-state index in [0.29, 0.717) is 0 Å². The van der Waals surface area contributed by atoms with E-state index in [0.717, 1.165) is 11.2 Å². The molecule has 9 aromatic carbocycles. The number of furan rings is 1. The van der Waals surface area contributed by atoms with Crippen LogP contribution in [0.4, 0.5) is 0 Å². The van der Waals surface area contributed by atoms with Gasteiger partial charge < -0.3 is 4.42 Å². The average Bonchev–Trinajstić information content (AvgIpc) is 3.65. The molecule has 1 aliphatic rings. The topological polar surface area (TPSA) is 13.1 Å². The highest BCUT2D eigenvalue weighted by Crippen LogP contribution is 2.52. The second-order valence-electron chi connectivity index (χ2n) is 14.9. The molecule has 11 rings (SSSR count). The lowest BCUT2D eigenvalue weighted by molar-refractivity contribution is 0.661. The van der Waals surface area contributed by atoms with Crippen LogP contribution in [0, 0.1) is 0 Å². The molecule has 0 fully saturated rings. The van der Waals surface area contributed by atoms with E-state index < -0.39 is 0 Å².